The lowest BCUT2D eigenvalue weighted by Crippen LogP contribution is -2.11. The first-order valence-electron chi connectivity index (χ1n) is 7.00. The summed E-state index contributed by atoms with van der Waals surface area (Å²) in [5.74, 6) is 1.83. The number of H-pyrrole nitrogens is 1. The summed E-state index contributed by atoms with van der Waals surface area (Å²) in [5, 5.41) is 3.18. The Balaban J connectivity index is 1.88. The van der Waals surface area contributed by atoms with Gasteiger partial charge in [0.2, 0.25) is 0 Å². The number of benzene rings is 1. The predicted octanol–water partition coefficient (Wildman–Crippen LogP) is 1.95. The van der Waals surface area contributed by atoms with Crippen LogP contribution < -0.4 is 20.3 Å². The molecule has 2 N–H and O–H groups in total. The van der Waals surface area contributed by atoms with Gasteiger partial charge in [-0.15, -0.1) is 0 Å². The highest BCUT2D eigenvalue weighted by Crippen LogP contribution is 2.25. The molecule has 1 aromatic carbocycles. The quantitative estimate of drug-likeness (QED) is 0.748. The summed E-state index contributed by atoms with van der Waals surface area (Å²) in [6, 6.07) is 9.36. The number of pyridine rings is 1. The molecule has 0 bridgehead atoms. The molecule has 0 fully saturated rings. The minimum Gasteiger partial charge on any atom is -0.497 e. The molecular weight excluding hydrogens is 296 g/mol. The van der Waals surface area contributed by atoms with E-state index in [9.17, 15) is 4.79 Å². The third-order valence-corrected chi connectivity index (χ3v) is 3.42. The molecule has 118 valence electrons. The lowest BCUT2D eigenvalue weighted by Gasteiger charge is -2.11. The van der Waals surface area contributed by atoms with Crippen molar-refractivity contribution < 1.29 is 9.47 Å². The van der Waals surface area contributed by atoms with E-state index in [1.807, 2.05) is 24.3 Å². The predicted molar refractivity (Wildman–Crippen MR) is 87.0 cm³/mol. The van der Waals surface area contributed by atoms with Gasteiger partial charge in [0.15, 0.2) is 17.1 Å². The van der Waals surface area contributed by atoms with E-state index in [0.717, 1.165) is 11.3 Å². The number of fused-ring (bicyclic) bond motifs is 1. The van der Waals surface area contributed by atoms with Crippen LogP contribution in [0.5, 0.6) is 11.5 Å². The van der Waals surface area contributed by atoms with Gasteiger partial charge in [-0.2, -0.15) is 0 Å². The van der Waals surface area contributed by atoms with Gasteiger partial charge in [0, 0.05) is 12.6 Å². The van der Waals surface area contributed by atoms with Crippen molar-refractivity contribution in [3.05, 3.63) is 52.6 Å². The van der Waals surface area contributed by atoms with Gasteiger partial charge in [-0.3, -0.25) is 4.79 Å². The van der Waals surface area contributed by atoms with E-state index < -0.39 is 0 Å². The van der Waals surface area contributed by atoms with Gasteiger partial charge >= 0.3 is 0 Å². The van der Waals surface area contributed by atoms with Crippen LogP contribution in [0.15, 0.2) is 41.5 Å². The fraction of sp³-hybridized carbons (Fsp3) is 0.188. The fourth-order valence-corrected chi connectivity index (χ4v) is 2.19. The van der Waals surface area contributed by atoms with Crippen LogP contribution in [0.25, 0.3) is 11.0 Å². The lowest BCUT2D eigenvalue weighted by molar-refractivity contribution is 0.414. The van der Waals surface area contributed by atoms with Gasteiger partial charge in [-0.1, -0.05) is 12.1 Å². The zero-order chi connectivity index (χ0) is 16.2. The molecule has 2 aromatic heterocycles. The Morgan fingerprint density at radius 3 is 2.65 bits per heavy atom. The molecule has 0 unspecified atom stereocenters. The first-order valence-corrected chi connectivity index (χ1v) is 7.00. The number of nitrogens with one attached hydrogen (secondary N) is 2. The topological polar surface area (TPSA) is 89.1 Å². The molecule has 7 heteroatoms. The molecule has 0 aliphatic rings. The highest BCUT2D eigenvalue weighted by Gasteiger charge is 2.10. The van der Waals surface area contributed by atoms with Gasteiger partial charge in [-0.25, -0.2) is 9.97 Å². The van der Waals surface area contributed by atoms with Crippen LogP contribution in [-0.4, -0.2) is 29.2 Å². The summed E-state index contributed by atoms with van der Waals surface area (Å²) >= 11 is 0. The molecule has 3 rings (SSSR count). The van der Waals surface area contributed by atoms with Crippen LogP contribution in [0.1, 0.15) is 5.56 Å². The monoisotopic (exact) mass is 312 g/mol. The van der Waals surface area contributed by atoms with Crippen LogP contribution in [0.4, 0.5) is 5.82 Å². The maximum absolute atomic E-state index is 11.8. The van der Waals surface area contributed by atoms with E-state index in [0.29, 0.717) is 23.6 Å². The van der Waals surface area contributed by atoms with Crippen molar-refractivity contribution in [3.63, 3.8) is 0 Å². The summed E-state index contributed by atoms with van der Waals surface area (Å²) in [5.41, 5.74) is 1.52. The first kappa shape index (κ1) is 14.8. The normalized spacial score (nSPS) is 10.5. The van der Waals surface area contributed by atoms with Gasteiger partial charge in [-0.05, 0) is 17.7 Å². The highest BCUT2D eigenvalue weighted by molar-refractivity contribution is 5.78. The Hall–Kier alpha value is -3.09. The molecule has 0 atom stereocenters. The molecule has 3 aromatic rings. The Morgan fingerprint density at radius 2 is 1.96 bits per heavy atom. The van der Waals surface area contributed by atoms with Crippen LogP contribution in [0, 0.1) is 0 Å². The van der Waals surface area contributed by atoms with Crippen molar-refractivity contribution >= 4 is 16.9 Å². The molecule has 0 aliphatic carbocycles. The molecule has 23 heavy (non-hydrogen) atoms. The minimum atomic E-state index is -0.287. The molecule has 0 saturated carbocycles. The second kappa shape index (κ2) is 6.35. The molecular formula is C16H16N4O3. The molecule has 0 saturated heterocycles. The number of anilines is 1. The Labute approximate surface area is 132 Å². The van der Waals surface area contributed by atoms with Crippen molar-refractivity contribution in [3.8, 4) is 11.5 Å². The van der Waals surface area contributed by atoms with E-state index in [1.165, 1.54) is 6.33 Å². The summed E-state index contributed by atoms with van der Waals surface area (Å²) in [6.07, 6.45) is 1.34. The summed E-state index contributed by atoms with van der Waals surface area (Å²) < 4.78 is 10.5. The molecule has 0 amide bonds. The molecule has 2 heterocycles. The zero-order valence-corrected chi connectivity index (χ0v) is 12.8. The Morgan fingerprint density at radius 1 is 1.17 bits per heavy atom. The number of methoxy groups -OCH3 is 2. The summed E-state index contributed by atoms with van der Waals surface area (Å²) in [6.45, 7) is 0.539. The van der Waals surface area contributed by atoms with Gasteiger partial charge < -0.3 is 19.8 Å². The molecule has 7 nitrogen and oxygen atoms in total. The number of rotatable bonds is 5. The van der Waals surface area contributed by atoms with Gasteiger partial charge in [0.1, 0.15) is 5.75 Å². The number of hydrogen-bond donors (Lipinski definition) is 2. The zero-order valence-electron chi connectivity index (χ0n) is 12.8. The average molecular weight is 312 g/mol. The highest BCUT2D eigenvalue weighted by atomic mass is 16.5. The van der Waals surface area contributed by atoms with Crippen LogP contribution in [0.2, 0.25) is 0 Å². The smallest absolute Gasteiger partial charge is 0.277 e. The minimum absolute atomic E-state index is 0.269. The molecule has 0 spiro atoms. The summed E-state index contributed by atoms with van der Waals surface area (Å²) in [4.78, 5) is 22.8. The number of aromatic amines is 1. The maximum atomic E-state index is 11.8. The SMILES string of the molecule is COc1ccc(CNc2nc3c(=O)[nH]cnc3cc2OC)cc1. The Kier molecular flexibility index (Phi) is 4.09. The third-order valence-electron chi connectivity index (χ3n) is 3.42. The van der Waals surface area contributed by atoms with Gasteiger partial charge in [0.25, 0.3) is 5.56 Å². The van der Waals surface area contributed by atoms with Crippen LogP contribution in [-0.2, 0) is 6.54 Å². The van der Waals surface area contributed by atoms with Crippen molar-refractivity contribution in [2.45, 2.75) is 6.54 Å². The van der Waals surface area contributed by atoms with Crippen LogP contribution >= 0.6 is 0 Å². The fourth-order valence-electron chi connectivity index (χ4n) is 2.19. The maximum Gasteiger partial charge on any atom is 0.277 e. The number of ether oxygens (including phenoxy) is 2. The van der Waals surface area contributed by atoms with Crippen molar-refractivity contribution in [2.75, 3.05) is 19.5 Å². The molecule has 0 radical (unpaired) electrons. The standard InChI is InChI=1S/C16H16N4O3/c1-22-11-5-3-10(4-6-11)8-17-15-13(23-2)7-12-14(20-15)16(21)19-9-18-12/h3-7,9H,8H2,1-2H3,(H,17,20)(H,18,19,21). The first-order chi connectivity index (χ1) is 11.2. The number of nitrogens with zero attached hydrogens (tertiary/aromatic N) is 2. The van der Waals surface area contributed by atoms with E-state index in [2.05, 4.69) is 20.3 Å². The number of hydrogen-bond acceptors (Lipinski definition) is 6. The van der Waals surface area contributed by atoms with Crippen molar-refractivity contribution in [2.24, 2.45) is 0 Å². The van der Waals surface area contributed by atoms with E-state index >= 15 is 0 Å². The summed E-state index contributed by atoms with van der Waals surface area (Å²) in [7, 11) is 3.18. The van der Waals surface area contributed by atoms with E-state index in [-0.39, 0.29) is 11.1 Å². The second-order valence-corrected chi connectivity index (χ2v) is 4.84. The van der Waals surface area contributed by atoms with Crippen LogP contribution in [0.3, 0.4) is 0 Å². The average Bonchev–Trinajstić information content (AvgIpc) is 2.60. The number of aromatic nitrogens is 3. The second-order valence-electron chi connectivity index (χ2n) is 4.84. The largest absolute Gasteiger partial charge is 0.497 e. The molecule has 0 aliphatic heterocycles. The van der Waals surface area contributed by atoms with E-state index in [4.69, 9.17) is 9.47 Å². The lowest BCUT2D eigenvalue weighted by atomic mass is 10.2. The van der Waals surface area contributed by atoms with Crippen molar-refractivity contribution in [1.29, 1.82) is 0 Å². The van der Waals surface area contributed by atoms with E-state index in [1.54, 1.807) is 20.3 Å². The third kappa shape index (κ3) is 3.08. The Bertz CT molecular complexity index is 875. The van der Waals surface area contributed by atoms with Gasteiger partial charge in [0.05, 0.1) is 26.1 Å². The van der Waals surface area contributed by atoms with Crippen molar-refractivity contribution in [1.82, 2.24) is 15.0 Å².